The van der Waals surface area contributed by atoms with Crippen LogP contribution in [0.5, 0.6) is 0 Å². The summed E-state index contributed by atoms with van der Waals surface area (Å²) in [5, 5.41) is 4.46. The topological polar surface area (TPSA) is 26.3 Å². The zero-order chi connectivity index (χ0) is 23.9. The molecule has 0 saturated heterocycles. The summed E-state index contributed by atoms with van der Waals surface area (Å²) in [5.41, 5.74) is 0. The van der Waals surface area contributed by atoms with Crippen LogP contribution in [0.15, 0.2) is 91.0 Å². The highest BCUT2D eigenvalue weighted by atomic mass is 79.9. The van der Waals surface area contributed by atoms with Crippen LogP contribution in [0.3, 0.4) is 0 Å². The van der Waals surface area contributed by atoms with Gasteiger partial charge in [0.1, 0.15) is 23.2 Å². The van der Waals surface area contributed by atoms with Gasteiger partial charge < -0.3 is 21.7 Å². The molecule has 0 saturated carbocycles. The molecule has 0 aliphatic carbocycles. The van der Waals surface area contributed by atoms with Crippen molar-refractivity contribution in [1.82, 2.24) is 0 Å². The maximum Gasteiger partial charge on any atom is 0.302 e. The lowest BCUT2D eigenvalue weighted by molar-refractivity contribution is -0.141. The molecule has 0 radical (unpaired) electrons. The standard InChI is InChI=1S/C31H40O2P.BrH/c1-28(32)33-26-18-7-5-3-2-4-6-8-19-27-34(29-20-12-9-13-21-29,30-22-14-10-15-23-30)31-24-16-11-17-25-31;/h9-17,20-25H,2-8,18-19,26-27H2,1H3;1H/q+1;/p-1. The van der Waals surface area contributed by atoms with Gasteiger partial charge >= 0.3 is 5.97 Å². The van der Waals surface area contributed by atoms with Gasteiger partial charge in [0.05, 0.1) is 12.8 Å². The van der Waals surface area contributed by atoms with Crippen molar-refractivity contribution < 1.29 is 26.5 Å². The highest BCUT2D eigenvalue weighted by Crippen LogP contribution is 2.55. The average Bonchev–Trinajstić information content (AvgIpc) is 2.88. The molecule has 0 fully saturated rings. The third-order valence-corrected chi connectivity index (χ3v) is 11.1. The monoisotopic (exact) mass is 554 g/mol. The molecule has 0 bridgehead atoms. The van der Waals surface area contributed by atoms with Gasteiger partial charge in [0, 0.05) is 6.92 Å². The van der Waals surface area contributed by atoms with E-state index < -0.39 is 7.26 Å². The van der Waals surface area contributed by atoms with Crippen LogP contribution in [0.25, 0.3) is 0 Å². The van der Waals surface area contributed by atoms with Crippen molar-refractivity contribution in [3.05, 3.63) is 91.0 Å². The number of hydrogen-bond acceptors (Lipinski definition) is 2. The van der Waals surface area contributed by atoms with Crippen LogP contribution in [-0.2, 0) is 9.53 Å². The molecular formula is C31H40BrO2P. The molecule has 0 aromatic heterocycles. The fourth-order valence-corrected chi connectivity index (χ4v) is 9.20. The Labute approximate surface area is 223 Å². The first-order valence-electron chi connectivity index (χ1n) is 12.9. The molecule has 0 amide bonds. The summed E-state index contributed by atoms with van der Waals surface area (Å²) < 4.78 is 5.00. The lowest BCUT2D eigenvalue weighted by Crippen LogP contribution is -3.00. The van der Waals surface area contributed by atoms with Gasteiger partial charge in [0.2, 0.25) is 0 Å². The van der Waals surface area contributed by atoms with Gasteiger partial charge in [-0.15, -0.1) is 0 Å². The first-order chi connectivity index (χ1) is 16.7. The molecule has 188 valence electrons. The number of esters is 1. The number of rotatable bonds is 15. The summed E-state index contributed by atoms with van der Waals surface area (Å²) in [4.78, 5) is 10.8. The smallest absolute Gasteiger partial charge is 0.302 e. The molecule has 3 aromatic rings. The molecule has 0 N–H and O–H groups in total. The van der Waals surface area contributed by atoms with Crippen molar-refractivity contribution in [2.24, 2.45) is 0 Å². The largest absolute Gasteiger partial charge is 1.00 e. The number of carbonyl (C=O) groups is 1. The number of halogens is 1. The van der Waals surface area contributed by atoms with E-state index in [1.165, 1.54) is 73.9 Å². The van der Waals surface area contributed by atoms with Crippen LogP contribution in [0.1, 0.15) is 64.7 Å². The van der Waals surface area contributed by atoms with Gasteiger partial charge in [0.25, 0.3) is 0 Å². The summed E-state index contributed by atoms with van der Waals surface area (Å²) in [6.07, 6.45) is 12.4. The van der Waals surface area contributed by atoms with E-state index in [1.54, 1.807) is 0 Å². The van der Waals surface area contributed by atoms with Crippen LogP contribution in [0.2, 0.25) is 0 Å². The Balaban J connectivity index is 0.00000432. The molecule has 0 spiro atoms. The molecule has 0 aliphatic rings. The summed E-state index contributed by atoms with van der Waals surface area (Å²) in [6.45, 7) is 2.05. The van der Waals surface area contributed by atoms with Crippen molar-refractivity contribution in [3.63, 3.8) is 0 Å². The molecule has 0 heterocycles. The van der Waals surface area contributed by atoms with E-state index in [9.17, 15) is 4.79 Å². The van der Waals surface area contributed by atoms with Gasteiger partial charge in [-0.25, -0.2) is 0 Å². The first kappa shape index (κ1) is 29.3. The van der Waals surface area contributed by atoms with Crippen molar-refractivity contribution in [1.29, 1.82) is 0 Å². The lowest BCUT2D eigenvalue weighted by atomic mass is 10.1. The molecule has 0 unspecified atom stereocenters. The number of benzene rings is 3. The Hall–Kier alpha value is -1.96. The maximum absolute atomic E-state index is 10.8. The fourth-order valence-electron chi connectivity index (χ4n) is 4.79. The van der Waals surface area contributed by atoms with E-state index in [0.29, 0.717) is 6.61 Å². The third kappa shape index (κ3) is 9.21. The quantitative estimate of drug-likeness (QED) is 0.161. The van der Waals surface area contributed by atoms with E-state index in [2.05, 4.69) is 91.0 Å². The minimum Gasteiger partial charge on any atom is -1.00 e. The second-order valence-corrected chi connectivity index (χ2v) is 12.7. The maximum atomic E-state index is 10.8. The summed E-state index contributed by atoms with van der Waals surface area (Å²) in [6, 6.07) is 33.6. The van der Waals surface area contributed by atoms with E-state index >= 15 is 0 Å². The third-order valence-electron chi connectivity index (χ3n) is 6.53. The minimum absolute atomic E-state index is 0. The highest BCUT2D eigenvalue weighted by molar-refractivity contribution is 7.95. The van der Waals surface area contributed by atoms with E-state index in [0.717, 1.165) is 12.8 Å². The number of carbonyl (C=O) groups excluding carboxylic acids is 1. The molecule has 35 heavy (non-hydrogen) atoms. The Morgan fingerprint density at radius 1 is 0.571 bits per heavy atom. The van der Waals surface area contributed by atoms with Crippen LogP contribution < -0.4 is 32.9 Å². The number of ether oxygens (including phenoxy) is 1. The zero-order valence-electron chi connectivity index (χ0n) is 21.1. The lowest BCUT2D eigenvalue weighted by Gasteiger charge is -2.27. The normalized spacial score (nSPS) is 11.0. The Morgan fingerprint density at radius 3 is 1.29 bits per heavy atom. The molecule has 4 heteroatoms. The zero-order valence-corrected chi connectivity index (χ0v) is 23.6. The summed E-state index contributed by atoms with van der Waals surface area (Å²) in [5.74, 6) is -0.168. The summed E-state index contributed by atoms with van der Waals surface area (Å²) >= 11 is 0. The SMILES string of the molecule is CC(=O)OCCCCCCCCCCC[P+](c1ccccc1)(c1ccccc1)c1ccccc1.[Br-]. The molecule has 3 aromatic carbocycles. The van der Waals surface area contributed by atoms with Crippen molar-refractivity contribution in [2.45, 2.75) is 64.7 Å². The van der Waals surface area contributed by atoms with Gasteiger partial charge in [0.15, 0.2) is 0 Å². The fraction of sp³-hybridized carbons (Fsp3) is 0.387. The van der Waals surface area contributed by atoms with Crippen LogP contribution in [-0.4, -0.2) is 18.7 Å². The van der Waals surface area contributed by atoms with E-state index in [4.69, 9.17) is 4.74 Å². The molecule has 2 nitrogen and oxygen atoms in total. The van der Waals surface area contributed by atoms with Gasteiger partial charge in [-0.2, -0.15) is 0 Å². The second kappa shape index (κ2) is 16.7. The van der Waals surface area contributed by atoms with Gasteiger partial charge in [-0.1, -0.05) is 93.1 Å². The van der Waals surface area contributed by atoms with Crippen LogP contribution in [0, 0.1) is 0 Å². The Morgan fingerprint density at radius 2 is 0.914 bits per heavy atom. The average molecular weight is 556 g/mol. The summed E-state index contributed by atoms with van der Waals surface area (Å²) in [7, 11) is -1.67. The van der Waals surface area contributed by atoms with Crippen molar-refractivity contribution in [3.8, 4) is 0 Å². The Bertz CT molecular complexity index is 851. The van der Waals surface area contributed by atoms with Crippen LogP contribution >= 0.6 is 7.26 Å². The van der Waals surface area contributed by atoms with Crippen LogP contribution in [0.4, 0.5) is 0 Å². The predicted octanol–water partition coefficient (Wildman–Crippen LogP) is 4.06. The van der Waals surface area contributed by atoms with Crippen molar-refractivity contribution >= 4 is 29.1 Å². The van der Waals surface area contributed by atoms with Gasteiger partial charge in [-0.3, -0.25) is 4.79 Å². The van der Waals surface area contributed by atoms with Gasteiger partial charge in [-0.05, 0) is 55.7 Å². The molecule has 0 atom stereocenters. The second-order valence-electron chi connectivity index (χ2n) is 9.06. The number of hydrogen-bond donors (Lipinski definition) is 0. The predicted molar refractivity (Wildman–Crippen MR) is 148 cm³/mol. The molecule has 3 rings (SSSR count). The molecule has 0 aliphatic heterocycles. The van der Waals surface area contributed by atoms with E-state index in [-0.39, 0.29) is 23.0 Å². The minimum atomic E-state index is -1.67. The first-order valence-corrected chi connectivity index (χ1v) is 14.9. The highest BCUT2D eigenvalue weighted by Gasteiger charge is 2.44. The Kier molecular flexibility index (Phi) is 13.9. The van der Waals surface area contributed by atoms with E-state index in [1.807, 2.05) is 0 Å². The van der Waals surface area contributed by atoms with Crippen molar-refractivity contribution in [2.75, 3.05) is 12.8 Å². The number of unbranched alkanes of at least 4 members (excludes halogenated alkanes) is 8. The molecular weight excluding hydrogens is 515 g/mol.